The second-order valence-electron chi connectivity index (χ2n) is 5.20. The van der Waals surface area contributed by atoms with E-state index in [1.807, 2.05) is 6.07 Å². The SMILES string of the molecule is C[C@H](NC(=O)O)c1nc(C2CC2)nn1-c1ccc(C#N)cn1. The number of aromatic nitrogens is 4. The van der Waals surface area contributed by atoms with Crippen LogP contribution in [0.3, 0.4) is 0 Å². The predicted octanol–water partition coefficient (Wildman–Crippen LogP) is 1.74. The van der Waals surface area contributed by atoms with E-state index in [1.54, 1.807) is 19.1 Å². The molecule has 1 amide bonds. The second-order valence-corrected chi connectivity index (χ2v) is 5.20. The van der Waals surface area contributed by atoms with E-state index in [1.165, 1.54) is 10.9 Å². The first-order valence-corrected chi connectivity index (χ1v) is 6.91. The summed E-state index contributed by atoms with van der Waals surface area (Å²) >= 11 is 0. The molecule has 22 heavy (non-hydrogen) atoms. The lowest BCUT2D eigenvalue weighted by Crippen LogP contribution is -2.27. The molecule has 0 aromatic carbocycles. The molecular formula is C14H14N6O2. The zero-order valence-corrected chi connectivity index (χ0v) is 11.9. The molecule has 0 spiro atoms. The molecule has 8 heteroatoms. The van der Waals surface area contributed by atoms with Crippen molar-refractivity contribution in [3.8, 4) is 11.9 Å². The van der Waals surface area contributed by atoms with Crippen LogP contribution >= 0.6 is 0 Å². The fourth-order valence-corrected chi connectivity index (χ4v) is 2.13. The third-order valence-corrected chi connectivity index (χ3v) is 3.41. The van der Waals surface area contributed by atoms with E-state index < -0.39 is 12.1 Å². The molecule has 1 saturated carbocycles. The van der Waals surface area contributed by atoms with Crippen molar-refractivity contribution in [1.82, 2.24) is 25.1 Å². The second kappa shape index (κ2) is 5.44. The van der Waals surface area contributed by atoms with Crippen molar-refractivity contribution >= 4 is 6.09 Å². The molecule has 2 aromatic rings. The van der Waals surface area contributed by atoms with E-state index in [0.717, 1.165) is 12.8 Å². The first-order valence-electron chi connectivity index (χ1n) is 6.91. The van der Waals surface area contributed by atoms with Crippen molar-refractivity contribution in [2.45, 2.75) is 31.7 Å². The zero-order chi connectivity index (χ0) is 15.7. The van der Waals surface area contributed by atoms with Gasteiger partial charge in [-0.2, -0.15) is 9.94 Å². The van der Waals surface area contributed by atoms with Crippen molar-refractivity contribution in [1.29, 1.82) is 5.26 Å². The molecular weight excluding hydrogens is 284 g/mol. The van der Waals surface area contributed by atoms with Crippen LogP contribution in [-0.4, -0.2) is 30.9 Å². The Morgan fingerprint density at radius 3 is 2.86 bits per heavy atom. The van der Waals surface area contributed by atoms with Gasteiger partial charge in [0.05, 0.1) is 11.6 Å². The van der Waals surface area contributed by atoms with E-state index in [-0.39, 0.29) is 0 Å². The van der Waals surface area contributed by atoms with Crippen LogP contribution in [0.25, 0.3) is 5.82 Å². The Morgan fingerprint density at radius 2 is 2.32 bits per heavy atom. The number of pyridine rings is 1. The summed E-state index contributed by atoms with van der Waals surface area (Å²) in [5, 5.41) is 24.5. The molecule has 1 aliphatic carbocycles. The molecule has 0 saturated heterocycles. The molecule has 1 aliphatic rings. The third-order valence-electron chi connectivity index (χ3n) is 3.41. The van der Waals surface area contributed by atoms with Gasteiger partial charge in [-0.25, -0.2) is 14.8 Å². The van der Waals surface area contributed by atoms with Crippen LogP contribution in [0.4, 0.5) is 4.79 Å². The van der Waals surface area contributed by atoms with Crippen molar-refractivity contribution in [2.24, 2.45) is 0 Å². The summed E-state index contributed by atoms with van der Waals surface area (Å²) in [4.78, 5) is 19.5. The minimum Gasteiger partial charge on any atom is -0.465 e. The van der Waals surface area contributed by atoms with Gasteiger partial charge < -0.3 is 10.4 Å². The van der Waals surface area contributed by atoms with Gasteiger partial charge in [-0.1, -0.05) is 0 Å². The van der Waals surface area contributed by atoms with Gasteiger partial charge in [-0.3, -0.25) is 0 Å². The average Bonchev–Trinajstić information content (AvgIpc) is 3.25. The van der Waals surface area contributed by atoms with Crippen molar-refractivity contribution in [3.63, 3.8) is 0 Å². The quantitative estimate of drug-likeness (QED) is 0.887. The smallest absolute Gasteiger partial charge is 0.405 e. The van der Waals surface area contributed by atoms with Crippen LogP contribution in [0, 0.1) is 11.3 Å². The molecule has 1 atom stereocenters. The largest absolute Gasteiger partial charge is 0.465 e. The number of nitrogens with zero attached hydrogens (tertiary/aromatic N) is 5. The predicted molar refractivity (Wildman–Crippen MR) is 75.4 cm³/mol. The van der Waals surface area contributed by atoms with E-state index in [4.69, 9.17) is 10.4 Å². The van der Waals surface area contributed by atoms with Gasteiger partial charge in [0.15, 0.2) is 17.5 Å². The number of hydrogen-bond donors (Lipinski definition) is 2. The Morgan fingerprint density at radius 1 is 1.55 bits per heavy atom. The van der Waals surface area contributed by atoms with Gasteiger partial charge in [-0.15, -0.1) is 5.10 Å². The maximum atomic E-state index is 10.8. The lowest BCUT2D eigenvalue weighted by Gasteiger charge is -2.11. The van der Waals surface area contributed by atoms with Crippen LogP contribution in [0.5, 0.6) is 0 Å². The lowest BCUT2D eigenvalue weighted by molar-refractivity contribution is 0.190. The van der Waals surface area contributed by atoms with E-state index in [9.17, 15) is 4.79 Å². The Labute approximate surface area is 126 Å². The summed E-state index contributed by atoms with van der Waals surface area (Å²) in [6, 6.07) is 4.79. The molecule has 0 bridgehead atoms. The monoisotopic (exact) mass is 298 g/mol. The van der Waals surface area contributed by atoms with Gasteiger partial charge in [0, 0.05) is 12.1 Å². The van der Waals surface area contributed by atoms with Gasteiger partial charge in [-0.05, 0) is 31.9 Å². The third kappa shape index (κ3) is 2.74. The van der Waals surface area contributed by atoms with Gasteiger partial charge in [0.25, 0.3) is 0 Å². The molecule has 112 valence electrons. The van der Waals surface area contributed by atoms with Gasteiger partial charge in [0.2, 0.25) is 0 Å². The Hall–Kier alpha value is -2.95. The fraction of sp³-hybridized carbons (Fsp3) is 0.357. The van der Waals surface area contributed by atoms with E-state index in [0.29, 0.717) is 28.9 Å². The highest BCUT2D eigenvalue weighted by molar-refractivity contribution is 5.64. The van der Waals surface area contributed by atoms with E-state index in [2.05, 4.69) is 20.4 Å². The van der Waals surface area contributed by atoms with Crippen LogP contribution < -0.4 is 5.32 Å². The number of carboxylic acid groups (broad SMARTS) is 1. The number of amides is 1. The highest BCUT2D eigenvalue weighted by Gasteiger charge is 2.30. The summed E-state index contributed by atoms with van der Waals surface area (Å²) in [5.74, 6) is 2.05. The number of nitriles is 1. The fourth-order valence-electron chi connectivity index (χ4n) is 2.13. The Balaban J connectivity index is 2.00. The molecule has 0 unspecified atom stereocenters. The normalized spacial score (nSPS) is 15.1. The molecule has 1 fully saturated rings. The average molecular weight is 298 g/mol. The van der Waals surface area contributed by atoms with Gasteiger partial charge in [0.1, 0.15) is 6.07 Å². The number of hydrogen-bond acceptors (Lipinski definition) is 5. The minimum atomic E-state index is -1.12. The summed E-state index contributed by atoms with van der Waals surface area (Å²) in [6.45, 7) is 1.70. The highest BCUT2D eigenvalue weighted by Crippen LogP contribution is 2.38. The zero-order valence-electron chi connectivity index (χ0n) is 11.9. The first kappa shape index (κ1) is 14.0. The summed E-state index contributed by atoms with van der Waals surface area (Å²) in [6.07, 6.45) is 2.42. The summed E-state index contributed by atoms with van der Waals surface area (Å²) in [5.41, 5.74) is 0.449. The topological polar surface area (TPSA) is 117 Å². The van der Waals surface area contributed by atoms with Crippen LogP contribution in [0.2, 0.25) is 0 Å². The van der Waals surface area contributed by atoms with E-state index >= 15 is 0 Å². The Kier molecular flexibility index (Phi) is 3.47. The maximum absolute atomic E-state index is 10.8. The summed E-state index contributed by atoms with van der Waals surface area (Å²) < 4.78 is 1.54. The number of carbonyl (C=O) groups is 1. The van der Waals surface area contributed by atoms with Crippen molar-refractivity contribution < 1.29 is 9.90 Å². The van der Waals surface area contributed by atoms with Crippen LogP contribution in [-0.2, 0) is 0 Å². The molecule has 2 heterocycles. The minimum absolute atomic E-state index is 0.343. The van der Waals surface area contributed by atoms with Crippen molar-refractivity contribution in [3.05, 3.63) is 35.5 Å². The Bertz CT molecular complexity index is 742. The van der Waals surface area contributed by atoms with Gasteiger partial charge >= 0.3 is 6.09 Å². The summed E-state index contributed by atoms with van der Waals surface area (Å²) in [7, 11) is 0. The number of rotatable bonds is 4. The standard InChI is InChI=1S/C14H14N6O2/c1-8(17-14(21)22)13-18-12(10-3-4-10)19-20(13)11-5-2-9(6-15)7-16-11/h2,5,7-8,10,17H,3-4H2,1H3,(H,21,22)/t8-/m0/s1. The molecule has 8 nitrogen and oxygen atoms in total. The van der Waals surface area contributed by atoms with Crippen LogP contribution in [0.1, 0.15) is 48.9 Å². The maximum Gasteiger partial charge on any atom is 0.405 e. The molecule has 0 aliphatic heterocycles. The lowest BCUT2D eigenvalue weighted by atomic mass is 10.3. The highest BCUT2D eigenvalue weighted by atomic mass is 16.4. The number of nitrogens with one attached hydrogen (secondary N) is 1. The molecule has 0 radical (unpaired) electrons. The first-order chi connectivity index (χ1) is 10.6. The molecule has 3 rings (SSSR count). The molecule has 2 N–H and O–H groups in total. The molecule has 2 aromatic heterocycles. The van der Waals surface area contributed by atoms with Crippen molar-refractivity contribution in [2.75, 3.05) is 0 Å². The van der Waals surface area contributed by atoms with Crippen LogP contribution in [0.15, 0.2) is 18.3 Å².